The quantitative estimate of drug-likeness (QED) is 0.719. The Bertz CT molecular complexity index is 831. The molecule has 0 aromatic heterocycles. The van der Waals surface area contributed by atoms with E-state index in [1.54, 1.807) is 37.3 Å². The summed E-state index contributed by atoms with van der Waals surface area (Å²) in [5.41, 5.74) is 0.880. The van der Waals surface area contributed by atoms with Gasteiger partial charge in [0.15, 0.2) is 6.10 Å². The number of amides is 1. The average Bonchev–Trinajstić information content (AvgIpc) is 2.64. The minimum atomic E-state index is -0.774. The van der Waals surface area contributed by atoms with Crippen LogP contribution in [0.2, 0.25) is 5.02 Å². The van der Waals surface area contributed by atoms with E-state index in [4.69, 9.17) is 21.1 Å². The molecule has 0 aliphatic carbocycles. The van der Waals surface area contributed by atoms with Crippen molar-refractivity contribution >= 4 is 44.8 Å². The van der Waals surface area contributed by atoms with Crippen molar-refractivity contribution in [2.45, 2.75) is 13.0 Å². The normalized spacial score (nSPS) is 15.3. The lowest BCUT2D eigenvalue weighted by molar-refractivity contribution is -0.122. The van der Waals surface area contributed by atoms with Crippen LogP contribution in [0.4, 0.5) is 15.8 Å². The third kappa shape index (κ3) is 5.12. The molecule has 1 fully saturated rings. The van der Waals surface area contributed by atoms with Crippen molar-refractivity contribution in [2.24, 2.45) is 0 Å². The molecule has 1 N–H and O–H groups in total. The van der Waals surface area contributed by atoms with E-state index in [0.29, 0.717) is 52.9 Å². The molecular weight excluding hydrogens is 439 g/mol. The lowest BCUT2D eigenvalue weighted by Gasteiger charge is -2.29. The van der Waals surface area contributed by atoms with Gasteiger partial charge < -0.3 is 19.7 Å². The maximum atomic E-state index is 14.4. The largest absolute Gasteiger partial charge is 0.480 e. The van der Waals surface area contributed by atoms with Crippen molar-refractivity contribution in [2.75, 3.05) is 36.5 Å². The van der Waals surface area contributed by atoms with E-state index >= 15 is 0 Å². The summed E-state index contributed by atoms with van der Waals surface area (Å²) in [4.78, 5) is 14.3. The first-order valence-electron chi connectivity index (χ1n) is 8.49. The molecular formula is C19H19BrClFN2O3. The Hall–Kier alpha value is -1.83. The van der Waals surface area contributed by atoms with Crippen molar-refractivity contribution in [3.05, 3.63) is 51.7 Å². The highest BCUT2D eigenvalue weighted by Gasteiger charge is 2.19. The van der Waals surface area contributed by atoms with E-state index in [1.165, 1.54) is 6.07 Å². The molecule has 8 heteroatoms. The number of morpholine rings is 1. The lowest BCUT2D eigenvalue weighted by atomic mass is 10.2. The third-order valence-electron chi connectivity index (χ3n) is 4.13. The predicted octanol–water partition coefficient (Wildman–Crippen LogP) is 4.48. The Kier molecular flexibility index (Phi) is 6.57. The highest BCUT2D eigenvalue weighted by molar-refractivity contribution is 9.10. The summed E-state index contributed by atoms with van der Waals surface area (Å²) in [6.45, 7) is 4.06. The summed E-state index contributed by atoms with van der Waals surface area (Å²) >= 11 is 9.24. The van der Waals surface area contributed by atoms with Crippen molar-refractivity contribution in [1.29, 1.82) is 0 Å². The fraction of sp³-hybridized carbons (Fsp3) is 0.316. The molecule has 1 saturated heterocycles. The Morgan fingerprint density at radius 1 is 1.30 bits per heavy atom. The summed E-state index contributed by atoms with van der Waals surface area (Å²) in [5.74, 6) is -0.269. The minimum Gasteiger partial charge on any atom is -0.480 e. The Morgan fingerprint density at radius 2 is 2.04 bits per heavy atom. The number of halogens is 3. The molecule has 1 aliphatic rings. The maximum absolute atomic E-state index is 14.4. The second kappa shape index (κ2) is 8.91. The number of rotatable bonds is 5. The molecule has 1 heterocycles. The topological polar surface area (TPSA) is 50.8 Å². The van der Waals surface area contributed by atoms with Crippen LogP contribution >= 0.6 is 27.5 Å². The van der Waals surface area contributed by atoms with E-state index in [-0.39, 0.29) is 11.7 Å². The van der Waals surface area contributed by atoms with Gasteiger partial charge in [-0.2, -0.15) is 0 Å². The molecule has 0 radical (unpaired) electrons. The van der Waals surface area contributed by atoms with Crippen LogP contribution in [-0.4, -0.2) is 38.3 Å². The molecule has 27 heavy (non-hydrogen) atoms. The summed E-state index contributed by atoms with van der Waals surface area (Å²) in [6, 6.07) is 9.68. The highest BCUT2D eigenvalue weighted by atomic mass is 79.9. The molecule has 144 valence electrons. The minimum absolute atomic E-state index is 0.375. The van der Waals surface area contributed by atoms with Crippen LogP contribution in [0.5, 0.6) is 5.75 Å². The number of hydrogen-bond donors (Lipinski definition) is 1. The zero-order chi connectivity index (χ0) is 19.4. The van der Waals surface area contributed by atoms with Gasteiger partial charge in [-0.1, -0.05) is 11.6 Å². The SMILES string of the molecule is CC(Oc1ccc(Cl)cc1Br)C(=O)Nc1ccc(N2CCOCC2)c(F)c1. The average molecular weight is 458 g/mol. The summed E-state index contributed by atoms with van der Waals surface area (Å²) in [5, 5.41) is 3.23. The number of nitrogens with zero attached hydrogens (tertiary/aromatic N) is 1. The van der Waals surface area contributed by atoms with Crippen molar-refractivity contribution in [3.63, 3.8) is 0 Å². The second-order valence-corrected chi connectivity index (χ2v) is 7.38. The van der Waals surface area contributed by atoms with Gasteiger partial charge in [-0.3, -0.25) is 4.79 Å². The van der Waals surface area contributed by atoms with E-state index < -0.39 is 6.10 Å². The Balaban J connectivity index is 1.63. The van der Waals surface area contributed by atoms with Gasteiger partial charge in [0.2, 0.25) is 0 Å². The molecule has 1 amide bonds. The molecule has 2 aromatic rings. The number of carbonyl (C=O) groups is 1. The number of carbonyl (C=O) groups excluding carboxylic acids is 1. The van der Waals surface area contributed by atoms with Gasteiger partial charge in [0.1, 0.15) is 11.6 Å². The molecule has 5 nitrogen and oxygen atoms in total. The van der Waals surface area contributed by atoms with Gasteiger partial charge >= 0.3 is 0 Å². The van der Waals surface area contributed by atoms with Crippen LogP contribution < -0.4 is 15.0 Å². The fourth-order valence-corrected chi connectivity index (χ4v) is 3.48. The molecule has 1 aliphatic heterocycles. The van der Waals surface area contributed by atoms with Gasteiger partial charge in [-0.25, -0.2) is 4.39 Å². The highest BCUT2D eigenvalue weighted by Crippen LogP contribution is 2.29. The van der Waals surface area contributed by atoms with E-state index in [9.17, 15) is 9.18 Å². The second-order valence-electron chi connectivity index (χ2n) is 6.09. The van der Waals surface area contributed by atoms with Gasteiger partial charge in [0.25, 0.3) is 5.91 Å². The van der Waals surface area contributed by atoms with Gasteiger partial charge in [-0.05, 0) is 59.3 Å². The summed E-state index contributed by atoms with van der Waals surface area (Å²) in [7, 11) is 0. The molecule has 1 atom stereocenters. The maximum Gasteiger partial charge on any atom is 0.265 e. The number of hydrogen-bond acceptors (Lipinski definition) is 4. The number of ether oxygens (including phenoxy) is 2. The summed E-state index contributed by atoms with van der Waals surface area (Å²) in [6.07, 6.45) is -0.774. The molecule has 3 rings (SSSR count). The molecule has 0 spiro atoms. The smallest absolute Gasteiger partial charge is 0.265 e. The predicted molar refractivity (Wildman–Crippen MR) is 107 cm³/mol. The van der Waals surface area contributed by atoms with E-state index in [2.05, 4.69) is 21.2 Å². The Labute approximate surface area is 170 Å². The zero-order valence-corrected chi connectivity index (χ0v) is 17.0. The molecule has 1 unspecified atom stereocenters. The summed E-state index contributed by atoms with van der Waals surface area (Å²) < 4.78 is 26.0. The first kappa shape index (κ1) is 19.9. The van der Waals surface area contributed by atoms with Crippen LogP contribution in [0, 0.1) is 5.82 Å². The lowest BCUT2D eigenvalue weighted by Crippen LogP contribution is -2.36. The monoisotopic (exact) mass is 456 g/mol. The molecule has 2 aromatic carbocycles. The van der Waals surface area contributed by atoms with Crippen LogP contribution in [0.3, 0.4) is 0 Å². The van der Waals surface area contributed by atoms with Crippen molar-refractivity contribution in [1.82, 2.24) is 0 Å². The van der Waals surface area contributed by atoms with Crippen LogP contribution in [-0.2, 0) is 9.53 Å². The third-order valence-corrected chi connectivity index (χ3v) is 4.99. The first-order valence-corrected chi connectivity index (χ1v) is 9.66. The molecule has 0 saturated carbocycles. The van der Waals surface area contributed by atoms with Gasteiger partial charge in [0.05, 0.1) is 23.4 Å². The number of anilines is 2. The van der Waals surface area contributed by atoms with E-state index in [0.717, 1.165) is 0 Å². The van der Waals surface area contributed by atoms with E-state index in [1.807, 2.05) is 4.90 Å². The number of benzene rings is 2. The first-order chi connectivity index (χ1) is 12.9. The van der Waals surface area contributed by atoms with Gasteiger partial charge in [0, 0.05) is 23.8 Å². The zero-order valence-electron chi connectivity index (χ0n) is 14.7. The van der Waals surface area contributed by atoms with Crippen LogP contribution in [0.1, 0.15) is 6.92 Å². The van der Waals surface area contributed by atoms with Crippen molar-refractivity contribution in [3.8, 4) is 5.75 Å². The van der Waals surface area contributed by atoms with Gasteiger partial charge in [-0.15, -0.1) is 0 Å². The van der Waals surface area contributed by atoms with Crippen LogP contribution in [0.25, 0.3) is 0 Å². The van der Waals surface area contributed by atoms with Crippen LogP contribution in [0.15, 0.2) is 40.9 Å². The standard InChI is InChI=1S/C19H19BrClFN2O3/c1-12(27-18-5-2-13(21)10-15(18)20)19(25)23-14-3-4-17(16(22)11-14)24-6-8-26-9-7-24/h2-5,10-12H,6-9H2,1H3,(H,23,25). The number of nitrogens with one attached hydrogen (secondary N) is 1. The van der Waals surface area contributed by atoms with Crippen molar-refractivity contribution < 1.29 is 18.7 Å². The molecule has 0 bridgehead atoms. The Morgan fingerprint density at radius 3 is 2.70 bits per heavy atom. The fourth-order valence-electron chi connectivity index (χ4n) is 2.70.